The Morgan fingerprint density at radius 2 is 0.542 bits per heavy atom. The number of hydrogen-bond donors (Lipinski definition) is 0. The van der Waals surface area contributed by atoms with Crippen LogP contribution in [0, 0.1) is 0 Å². The molecule has 6 nitrogen and oxygen atoms in total. The average Bonchev–Trinajstić information content (AvgIpc) is 3.38. The summed E-state index contributed by atoms with van der Waals surface area (Å²) in [6.45, 7) is 6.51. The van der Waals surface area contributed by atoms with Gasteiger partial charge in [-0.3, -0.25) is 14.4 Å². The van der Waals surface area contributed by atoms with Crippen LogP contribution in [0.2, 0.25) is 0 Å². The van der Waals surface area contributed by atoms with Crippen LogP contribution in [0.3, 0.4) is 0 Å². The van der Waals surface area contributed by atoms with E-state index in [-0.39, 0.29) is 31.1 Å². The molecule has 0 saturated heterocycles. The monoisotopic (exact) mass is 1000 g/mol. The lowest BCUT2D eigenvalue weighted by Crippen LogP contribution is -2.30. The number of allylic oxidation sites excluding steroid dienone is 14. The molecule has 0 spiro atoms. The summed E-state index contributed by atoms with van der Waals surface area (Å²) in [5.74, 6) is -0.900. The molecule has 1 atom stereocenters. The van der Waals surface area contributed by atoms with Crippen molar-refractivity contribution in [2.75, 3.05) is 13.2 Å². The molecule has 0 saturated carbocycles. The SMILES string of the molecule is CC/C=C\C/C=C\C/C=C\C/C=C\CCCCCCCCCCC(=O)OCC(COC(=O)CCCCCCC/C=C\CCCCCCCC)OC(=O)CCCCCCCCC/C=C\C/C=C\CCCCCC. The van der Waals surface area contributed by atoms with Crippen LogP contribution < -0.4 is 0 Å². The lowest BCUT2D eigenvalue weighted by Gasteiger charge is -2.18. The van der Waals surface area contributed by atoms with Gasteiger partial charge in [-0.25, -0.2) is 0 Å². The Kier molecular flexibility index (Phi) is 57.3. The normalized spacial score (nSPS) is 12.7. The third kappa shape index (κ3) is 57.5. The Hall–Kier alpha value is -3.41. The predicted molar refractivity (Wildman–Crippen MR) is 311 cm³/mol. The Balaban J connectivity index is 4.40. The molecule has 0 fully saturated rings. The first-order valence-corrected chi connectivity index (χ1v) is 30.6. The van der Waals surface area contributed by atoms with E-state index in [1.807, 2.05) is 0 Å². The van der Waals surface area contributed by atoms with Crippen molar-refractivity contribution in [1.29, 1.82) is 0 Å². The maximum absolute atomic E-state index is 12.9. The van der Waals surface area contributed by atoms with E-state index in [9.17, 15) is 14.4 Å². The summed E-state index contributed by atoms with van der Waals surface area (Å²) in [4.78, 5) is 38.3. The minimum Gasteiger partial charge on any atom is -0.462 e. The summed E-state index contributed by atoms with van der Waals surface area (Å²) in [6.07, 6.45) is 78.6. The van der Waals surface area contributed by atoms with Crippen molar-refractivity contribution < 1.29 is 28.6 Å². The standard InChI is InChI=1S/C66H114O6/c1-4-7-10-13-16-19-22-25-28-30-32-33-34-36-38-41-44-47-50-53-56-59-65(68)71-62-63(61-70-64(67)58-55-52-49-46-43-40-37-27-24-21-18-15-12-9-6-3)72-66(69)60-57-54-51-48-45-42-39-35-31-29-26-23-20-17-14-11-8-5-2/h7,10,16,19-20,23,25,27-29,31-33,37,63H,4-6,8-9,11-15,17-18,21-22,24,26,30,34-36,38-62H2,1-3H3/b10-7-,19-16-,23-20-,28-25-,31-29-,33-32-,37-27-. The fourth-order valence-corrected chi connectivity index (χ4v) is 8.52. The Labute approximate surface area is 445 Å². The third-order valence-electron chi connectivity index (χ3n) is 13.1. The van der Waals surface area contributed by atoms with E-state index in [2.05, 4.69) is 106 Å². The number of carbonyl (C=O) groups excluding carboxylic acids is 3. The lowest BCUT2D eigenvalue weighted by molar-refractivity contribution is -0.167. The molecule has 0 radical (unpaired) electrons. The quantitative estimate of drug-likeness (QED) is 0.0261. The molecule has 0 aromatic carbocycles. The van der Waals surface area contributed by atoms with Crippen molar-refractivity contribution in [3.05, 3.63) is 85.1 Å². The molecule has 72 heavy (non-hydrogen) atoms. The molecular weight excluding hydrogens is 889 g/mol. The first-order valence-electron chi connectivity index (χ1n) is 30.6. The van der Waals surface area contributed by atoms with Gasteiger partial charge in [0.15, 0.2) is 6.10 Å². The minimum atomic E-state index is -0.789. The van der Waals surface area contributed by atoms with Gasteiger partial charge in [0.1, 0.15) is 13.2 Å². The lowest BCUT2D eigenvalue weighted by atomic mass is 10.1. The van der Waals surface area contributed by atoms with Crippen LogP contribution in [-0.4, -0.2) is 37.2 Å². The molecule has 0 aromatic rings. The van der Waals surface area contributed by atoms with Gasteiger partial charge in [0.2, 0.25) is 0 Å². The highest BCUT2D eigenvalue weighted by Crippen LogP contribution is 2.15. The van der Waals surface area contributed by atoms with Crippen molar-refractivity contribution in [3.8, 4) is 0 Å². The van der Waals surface area contributed by atoms with Crippen molar-refractivity contribution in [2.45, 2.75) is 303 Å². The highest BCUT2D eigenvalue weighted by molar-refractivity contribution is 5.71. The van der Waals surface area contributed by atoms with Crippen LogP contribution in [0.25, 0.3) is 0 Å². The molecule has 0 aromatic heterocycles. The zero-order valence-corrected chi connectivity index (χ0v) is 47.4. The molecule has 6 heteroatoms. The molecule has 0 heterocycles. The third-order valence-corrected chi connectivity index (χ3v) is 13.1. The average molecular weight is 1000 g/mol. The Bertz CT molecular complexity index is 1380. The summed E-state index contributed by atoms with van der Waals surface area (Å²) in [5.41, 5.74) is 0. The Morgan fingerprint density at radius 1 is 0.292 bits per heavy atom. The van der Waals surface area contributed by atoms with Gasteiger partial charge in [-0.1, -0.05) is 247 Å². The first kappa shape index (κ1) is 68.6. The molecule has 0 aliphatic rings. The second kappa shape index (κ2) is 60.1. The summed E-state index contributed by atoms with van der Waals surface area (Å²) in [7, 11) is 0. The van der Waals surface area contributed by atoms with Gasteiger partial charge in [-0.15, -0.1) is 0 Å². The van der Waals surface area contributed by atoms with Crippen LogP contribution in [-0.2, 0) is 28.6 Å². The van der Waals surface area contributed by atoms with Crippen molar-refractivity contribution in [3.63, 3.8) is 0 Å². The van der Waals surface area contributed by atoms with E-state index in [0.29, 0.717) is 19.3 Å². The maximum Gasteiger partial charge on any atom is 0.306 e. The summed E-state index contributed by atoms with van der Waals surface area (Å²) >= 11 is 0. The molecule has 0 N–H and O–H groups in total. The van der Waals surface area contributed by atoms with Gasteiger partial charge in [-0.2, -0.15) is 0 Å². The van der Waals surface area contributed by atoms with Crippen molar-refractivity contribution in [1.82, 2.24) is 0 Å². The van der Waals surface area contributed by atoms with E-state index in [1.165, 1.54) is 148 Å². The van der Waals surface area contributed by atoms with Gasteiger partial charge in [0.25, 0.3) is 0 Å². The number of unbranched alkanes of at least 4 members (excludes halogenated alkanes) is 30. The van der Waals surface area contributed by atoms with Crippen LogP contribution in [0.1, 0.15) is 297 Å². The highest BCUT2D eigenvalue weighted by Gasteiger charge is 2.19. The minimum absolute atomic E-state index is 0.0859. The fourth-order valence-electron chi connectivity index (χ4n) is 8.52. The molecule has 1 unspecified atom stereocenters. The largest absolute Gasteiger partial charge is 0.462 e. The molecule has 0 amide bonds. The summed E-state index contributed by atoms with van der Waals surface area (Å²) in [6, 6.07) is 0. The molecule has 414 valence electrons. The number of carbonyl (C=O) groups is 3. The number of ether oxygens (including phenoxy) is 3. The number of rotatable bonds is 55. The van der Waals surface area contributed by atoms with E-state index in [4.69, 9.17) is 14.2 Å². The fraction of sp³-hybridized carbons (Fsp3) is 0.742. The van der Waals surface area contributed by atoms with Crippen LogP contribution in [0.5, 0.6) is 0 Å². The zero-order valence-electron chi connectivity index (χ0n) is 47.4. The zero-order chi connectivity index (χ0) is 52.2. The van der Waals surface area contributed by atoms with Crippen molar-refractivity contribution >= 4 is 17.9 Å². The molecule has 0 aliphatic heterocycles. The molecule has 0 bridgehead atoms. The first-order chi connectivity index (χ1) is 35.5. The van der Waals surface area contributed by atoms with E-state index in [0.717, 1.165) is 109 Å². The summed E-state index contributed by atoms with van der Waals surface area (Å²) < 4.78 is 16.9. The van der Waals surface area contributed by atoms with Gasteiger partial charge >= 0.3 is 17.9 Å². The second-order valence-corrected chi connectivity index (χ2v) is 20.2. The predicted octanol–water partition coefficient (Wildman–Crippen LogP) is 20.7. The van der Waals surface area contributed by atoms with Gasteiger partial charge in [-0.05, 0) is 116 Å². The number of hydrogen-bond acceptors (Lipinski definition) is 6. The van der Waals surface area contributed by atoms with E-state index >= 15 is 0 Å². The van der Waals surface area contributed by atoms with Gasteiger partial charge in [0, 0.05) is 19.3 Å². The smallest absolute Gasteiger partial charge is 0.306 e. The van der Waals surface area contributed by atoms with Crippen LogP contribution >= 0.6 is 0 Å². The second-order valence-electron chi connectivity index (χ2n) is 20.2. The molecular formula is C66H114O6. The molecule has 0 rings (SSSR count). The maximum atomic E-state index is 12.9. The van der Waals surface area contributed by atoms with E-state index < -0.39 is 6.10 Å². The van der Waals surface area contributed by atoms with Crippen LogP contribution in [0.4, 0.5) is 0 Å². The molecule has 0 aliphatic carbocycles. The van der Waals surface area contributed by atoms with Gasteiger partial charge < -0.3 is 14.2 Å². The summed E-state index contributed by atoms with van der Waals surface area (Å²) in [5, 5.41) is 0. The number of esters is 3. The van der Waals surface area contributed by atoms with E-state index in [1.54, 1.807) is 0 Å². The van der Waals surface area contributed by atoms with Crippen LogP contribution in [0.15, 0.2) is 85.1 Å². The highest BCUT2D eigenvalue weighted by atomic mass is 16.6. The topological polar surface area (TPSA) is 78.9 Å². The Morgan fingerprint density at radius 3 is 0.875 bits per heavy atom. The van der Waals surface area contributed by atoms with Gasteiger partial charge in [0.05, 0.1) is 0 Å². The van der Waals surface area contributed by atoms with Crippen molar-refractivity contribution in [2.24, 2.45) is 0 Å².